The molecule has 1 aromatic carbocycles. The predicted octanol–water partition coefficient (Wildman–Crippen LogP) is 2.61. The molecule has 124 valence electrons. The highest BCUT2D eigenvalue weighted by Crippen LogP contribution is 2.30. The third-order valence-electron chi connectivity index (χ3n) is 4.72. The molecule has 0 N–H and O–H groups in total. The van der Waals surface area contributed by atoms with Gasteiger partial charge in [-0.3, -0.25) is 4.68 Å². The molecule has 1 aromatic heterocycles. The van der Waals surface area contributed by atoms with Crippen molar-refractivity contribution in [3.63, 3.8) is 0 Å². The van der Waals surface area contributed by atoms with E-state index in [4.69, 9.17) is 0 Å². The first-order valence-electron chi connectivity index (χ1n) is 7.95. The maximum atomic E-state index is 12.8. The lowest BCUT2D eigenvalue weighted by molar-refractivity contribution is 0.316. The summed E-state index contributed by atoms with van der Waals surface area (Å²) in [5.74, 6) is 0.349. The molecule has 5 nitrogen and oxygen atoms in total. The lowest BCUT2D eigenvalue weighted by Crippen LogP contribution is -2.38. The Morgan fingerprint density at radius 3 is 2.35 bits per heavy atom. The number of benzene rings is 1. The second kappa shape index (κ2) is 6.09. The summed E-state index contributed by atoms with van der Waals surface area (Å²) in [6.07, 6.45) is 3.58. The van der Waals surface area contributed by atoms with E-state index in [9.17, 15) is 8.42 Å². The number of rotatable bonds is 3. The molecule has 0 bridgehead atoms. The molecule has 0 atom stereocenters. The zero-order chi connectivity index (χ0) is 16.6. The van der Waals surface area contributed by atoms with E-state index in [1.165, 1.54) is 0 Å². The third kappa shape index (κ3) is 3.19. The van der Waals surface area contributed by atoms with Gasteiger partial charge in [0, 0.05) is 32.3 Å². The highest BCUT2D eigenvalue weighted by molar-refractivity contribution is 7.89. The molecule has 2 heterocycles. The van der Waals surface area contributed by atoms with Gasteiger partial charge in [0.25, 0.3) is 0 Å². The van der Waals surface area contributed by atoms with Crippen molar-refractivity contribution < 1.29 is 8.42 Å². The molecule has 23 heavy (non-hydrogen) atoms. The average Bonchev–Trinajstić information content (AvgIpc) is 2.96. The van der Waals surface area contributed by atoms with Gasteiger partial charge >= 0.3 is 0 Å². The first kappa shape index (κ1) is 16.2. The summed E-state index contributed by atoms with van der Waals surface area (Å²) in [7, 11) is -1.49. The van der Waals surface area contributed by atoms with Crippen LogP contribution in [0, 0.1) is 13.8 Å². The van der Waals surface area contributed by atoms with Crippen molar-refractivity contribution in [3.8, 4) is 0 Å². The molecule has 1 aliphatic rings. The van der Waals surface area contributed by atoms with Crippen LogP contribution in [-0.2, 0) is 17.1 Å². The zero-order valence-corrected chi connectivity index (χ0v) is 14.7. The SMILES string of the molecule is Cc1ccc(S(=O)(=O)N2CCC(c3ccn(C)n3)CC2)cc1C. The normalized spacial score (nSPS) is 17.5. The van der Waals surface area contributed by atoms with Gasteiger partial charge in [-0.1, -0.05) is 6.07 Å². The van der Waals surface area contributed by atoms with E-state index in [-0.39, 0.29) is 0 Å². The molecule has 0 amide bonds. The maximum Gasteiger partial charge on any atom is 0.243 e. The maximum absolute atomic E-state index is 12.8. The van der Waals surface area contributed by atoms with Crippen LogP contribution in [0.4, 0.5) is 0 Å². The van der Waals surface area contributed by atoms with Crippen LogP contribution in [0.3, 0.4) is 0 Å². The monoisotopic (exact) mass is 333 g/mol. The van der Waals surface area contributed by atoms with E-state index in [1.54, 1.807) is 21.1 Å². The second-order valence-corrected chi connectivity index (χ2v) is 8.28. The topological polar surface area (TPSA) is 55.2 Å². The van der Waals surface area contributed by atoms with Crippen molar-refractivity contribution in [2.75, 3.05) is 13.1 Å². The molecule has 0 radical (unpaired) electrons. The van der Waals surface area contributed by atoms with E-state index >= 15 is 0 Å². The van der Waals surface area contributed by atoms with Gasteiger partial charge in [0.05, 0.1) is 10.6 Å². The molecule has 1 fully saturated rings. The van der Waals surface area contributed by atoms with E-state index in [0.29, 0.717) is 23.9 Å². The Morgan fingerprint density at radius 2 is 1.78 bits per heavy atom. The van der Waals surface area contributed by atoms with Crippen LogP contribution in [-0.4, -0.2) is 35.6 Å². The molecule has 3 rings (SSSR count). The van der Waals surface area contributed by atoms with Crippen molar-refractivity contribution in [3.05, 3.63) is 47.3 Å². The van der Waals surface area contributed by atoms with E-state index < -0.39 is 10.0 Å². The van der Waals surface area contributed by atoms with Gasteiger partial charge in [0.1, 0.15) is 0 Å². The molecule has 0 unspecified atom stereocenters. The van der Waals surface area contributed by atoms with Gasteiger partial charge in [-0.25, -0.2) is 8.42 Å². The van der Waals surface area contributed by atoms with Crippen LogP contribution in [0.15, 0.2) is 35.4 Å². The number of nitrogens with zero attached hydrogens (tertiary/aromatic N) is 3. The highest BCUT2D eigenvalue weighted by atomic mass is 32.2. The van der Waals surface area contributed by atoms with Crippen LogP contribution in [0.25, 0.3) is 0 Å². The van der Waals surface area contributed by atoms with E-state index in [0.717, 1.165) is 29.7 Å². The quantitative estimate of drug-likeness (QED) is 0.867. The zero-order valence-electron chi connectivity index (χ0n) is 13.9. The number of aromatic nitrogens is 2. The van der Waals surface area contributed by atoms with Gasteiger partial charge in [-0.15, -0.1) is 0 Å². The fraction of sp³-hybridized carbons (Fsp3) is 0.471. The van der Waals surface area contributed by atoms with Crippen molar-refractivity contribution in [1.82, 2.24) is 14.1 Å². The van der Waals surface area contributed by atoms with Gasteiger partial charge in [-0.05, 0) is 56.0 Å². The molecule has 1 saturated heterocycles. The van der Waals surface area contributed by atoms with Crippen molar-refractivity contribution >= 4 is 10.0 Å². The van der Waals surface area contributed by atoms with E-state index in [1.807, 2.05) is 39.2 Å². The first-order valence-corrected chi connectivity index (χ1v) is 9.39. The number of hydrogen-bond acceptors (Lipinski definition) is 3. The molecule has 6 heteroatoms. The molecule has 2 aromatic rings. The largest absolute Gasteiger partial charge is 0.276 e. The minimum absolute atomic E-state index is 0.349. The molecule has 0 saturated carbocycles. The number of sulfonamides is 1. The van der Waals surface area contributed by atoms with Gasteiger partial charge in [-0.2, -0.15) is 9.40 Å². The minimum Gasteiger partial charge on any atom is -0.276 e. The van der Waals surface area contributed by atoms with Crippen LogP contribution in [0.1, 0.15) is 35.6 Å². The smallest absolute Gasteiger partial charge is 0.243 e. The van der Waals surface area contributed by atoms with Crippen LogP contribution in [0.5, 0.6) is 0 Å². The minimum atomic E-state index is -3.39. The lowest BCUT2D eigenvalue weighted by Gasteiger charge is -2.30. The molecular formula is C17H23N3O2S. The summed E-state index contributed by atoms with van der Waals surface area (Å²) < 4.78 is 29.0. The van der Waals surface area contributed by atoms with Crippen molar-refractivity contribution in [2.24, 2.45) is 7.05 Å². The van der Waals surface area contributed by atoms with Crippen LogP contribution >= 0.6 is 0 Å². The Bertz CT molecular complexity index is 803. The van der Waals surface area contributed by atoms with E-state index in [2.05, 4.69) is 5.10 Å². The lowest BCUT2D eigenvalue weighted by atomic mass is 9.95. The first-order chi connectivity index (χ1) is 10.9. The Labute approximate surface area is 138 Å². The van der Waals surface area contributed by atoms with Crippen molar-refractivity contribution in [1.29, 1.82) is 0 Å². The summed E-state index contributed by atoms with van der Waals surface area (Å²) in [5.41, 5.74) is 3.18. The second-order valence-electron chi connectivity index (χ2n) is 6.34. The van der Waals surface area contributed by atoms with Crippen LogP contribution < -0.4 is 0 Å². The fourth-order valence-electron chi connectivity index (χ4n) is 3.07. The Hall–Kier alpha value is -1.66. The van der Waals surface area contributed by atoms with Crippen molar-refractivity contribution in [2.45, 2.75) is 37.5 Å². The fourth-order valence-corrected chi connectivity index (χ4v) is 4.62. The van der Waals surface area contributed by atoms with Gasteiger partial charge in [0.2, 0.25) is 10.0 Å². The third-order valence-corrected chi connectivity index (χ3v) is 6.62. The average molecular weight is 333 g/mol. The summed E-state index contributed by atoms with van der Waals surface area (Å²) >= 11 is 0. The highest BCUT2D eigenvalue weighted by Gasteiger charge is 2.30. The molecular weight excluding hydrogens is 310 g/mol. The summed E-state index contributed by atoms with van der Waals surface area (Å²) in [6.45, 7) is 5.04. The Kier molecular flexibility index (Phi) is 4.29. The summed E-state index contributed by atoms with van der Waals surface area (Å²) in [5, 5.41) is 4.45. The number of hydrogen-bond donors (Lipinski definition) is 0. The molecule has 1 aliphatic heterocycles. The molecule has 0 aliphatic carbocycles. The Morgan fingerprint density at radius 1 is 1.09 bits per heavy atom. The Balaban J connectivity index is 1.74. The number of piperidine rings is 1. The summed E-state index contributed by atoms with van der Waals surface area (Å²) in [4.78, 5) is 0.400. The van der Waals surface area contributed by atoms with Gasteiger partial charge in [0.15, 0.2) is 0 Å². The summed E-state index contributed by atoms with van der Waals surface area (Å²) in [6, 6.07) is 7.39. The predicted molar refractivity (Wildman–Crippen MR) is 89.9 cm³/mol. The standard InChI is InChI=1S/C17H23N3O2S/c1-13-4-5-16(12-14(13)2)23(21,22)20-10-6-15(7-11-20)17-8-9-19(3)18-17/h4-5,8-9,12,15H,6-7,10-11H2,1-3H3. The van der Waals surface area contributed by atoms with Crippen LogP contribution in [0.2, 0.25) is 0 Å². The molecule has 0 spiro atoms. The van der Waals surface area contributed by atoms with Gasteiger partial charge < -0.3 is 0 Å². The number of aryl methyl sites for hydroxylation is 3.